The highest BCUT2D eigenvalue weighted by Gasteiger charge is 2.21. The summed E-state index contributed by atoms with van der Waals surface area (Å²) < 4.78 is 0. The Labute approximate surface area is 88.4 Å². The zero-order valence-electron chi connectivity index (χ0n) is 8.44. The largest absolute Gasteiger partial charge is 0.391 e. The van der Waals surface area contributed by atoms with E-state index in [1.165, 1.54) is 19.4 Å². The Morgan fingerprint density at radius 2 is 2.57 bits per heavy atom. The van der Waals surface area contributed by atoms with Crippen LogP contribution in [0.3, 0.4) is 0 Å². The number of nitrogens with zero attached hydrogens (tertiary/aromatic N) is 2. The predicted octanol–water partition coefficient (Wildman–Crippen LogP) is 1.27. The van der Waals surface area contributed by atoms with Crippen LogP contribution in [0.1, 0.15) is 22.7 Å². The van der Waals surface area contributed by atoms with Gasteiger partial charge in [-0.15, -0.1) is 11.3 Å². The van der Waals surface area contributed by atoms with Crippen LogP contribution in [0.25, 0.3) is 0 Å². The highest BCUT2D eigenvalue weighted by Crippen LogP contribution is 2.21. The van der Waals surface area contributed by atoms with Gasteiger partial charge in [0.05, 0.1) is 16.5 Å². The lowest BCUT2D eigenvalue weighted by Crippen LogP contribution is -2.26. The van der Waals surface area contributed by atoms with Gasteiger partial charge in [-0.3, -0.25) is 0 Å². The lowest BCUT2D eigenvalue weighted by atomic mass is 10.1. The molecule has 14 heavy (non-hydrogen) atoms. The molecule has 0 saturated carbocycles. The zero-order valence-corrected chi connectivity index (χ0v) is 9.26. The molecule has 1 aromatic heterocycles. The van der Waals surface area contributed by atoms with Gasteiger partial charge in [0.2, 0.25) is 0 Å². The fourth-order valence-corrected chi connectivity index (χ4v) is 2.81. The number of aromatic nitrogens is 1. The number of hydrogen-bond acceptors (Lipinski definition) is 4. The van der Waals surface area contributed by atoms with Gasteiger partial charge < -0.3 is 10.0 Å². The molecule has 2 heterocycles. The lowest BCUT2D eigenvalue weighted by molar-refractivity contribution is 0.285. The van der Waals surface area contributed by atoms with Crippen LogP contribution in [0.5, 0.6) is 0 Å². The number of thiazole rings is 1. The summed E-state index contributed by atoms with van der Waals surface area (Å²) in [6.07, 6.45) is 5.42. The molecule has 78 valence electrons. The summed E-state index contributed by atoms with van der Waals surface area (Å²) >= 11 is 1.63. The summed E-state index contributed by atoms with van der Waals surface area (Å²) in [6.45, 7) is 1.33. The molecule has 2 rings (SSSR count). The van der Waals surface area contributed by atoms with E-state index in [0.29, 0.717) is 6.04 Å². The van der Waals surface area contributed by atoms with Crippen LogP contribution in [-0.2, 0) is 13.0 Å². The molecule has 0 amide bonds. The topological polar surface area (TPSA) is 36.4 Å². The lowest BCUT2D eigenvalue weighted by Gasteiger charge is -2.17. The number of likely N-dealkylation sites (tertiary alicyclic amines) is 1. The summed E-state index contributed by atoms with van der Waals surface area (Å²) in [6, 6.07) is 0.660. The van der Waals surface area contributed by atoms with Crippen molar-refractivity contribution in [3.05, 3.63) is 16.1 Å². The Morgan fingerprint density at radius 3 is 3.14 bits per heavy atom. The van der Waals surface area contributed by atoms with Crippen LogP contribution >= 0.6 is 11.3 Å². The molecule has 3 nitrogen and oxygen atoms in total. The summed E-state index contributed by atoms with van der Waals surface area (Å²) in [7, 11) is 2.18. The number of rotatable bonds is 3. The van der Waals surface area contributed by atoms with Crippen molar-refractivity contribution in [2.75, 3.05) is 13.6 Å². The van der Waals surface area contributed by atoms with Gasteiger partial charge in [0.15, 0.2) is 0 Å². The van der Waals surface area contributed by atoms with Crippen molar-refractivity contribution in [2.45, 2.75) is 31.9 Å². The monoisotopic (exact) mass is 212 g/mol. The molecule has 1 atom stereocenters. The summed E-state index contributed by atoms with van der Waals surface area (Å²) in [5.74, 6) is 0. The SMILES string of the molecule is CN1CCCC1Cc1ncc(CO)s1. The molecular formula is C10H16N2OS. The van der Waals surface area contributed by atoms with Crippen molar-refractivity contribution in [1.82, 2.24) is 9.88 Å². The van der Waals surface area contributed by atoms with Crippen LogP contribution in [0, 0.1) is 0 Å². The number of aliphatic hydroxyl groups excluding tert-OH is 1. The van der Waals surface area contributed by atoms with E-state index < -0.39 is 0 Å². The number of likely N-dealkylation sites (N-methyl/N-ethyl adjacent to an activating group) is 1. The second-order valence-electron chi connectivity index (χ2n) is 3.86. The molecule has 0 spiro atoms. The van der Waals surface area contributed by atoms with Gasteiger partial charge >= 0.3 is 0 Å². The van der Waals surface area contributed by atoms with Gasteiger partial charge in [-0.2, -0.15) is 0 Å². The highest BCUT2D eigenvalue weighted by atomic mass is 32.1. The molecule has 1 N–H and O–H groups in total. The van der Waals surface area contributed by atoms with Crippen LogP contribution in [0.15, 0.2) is 6.20 Å². The minimum atomic E-state index is 0.123. The van der Waals surface area contributed by atoms with Gasteiger partial charge in [-0.05, 0) is 26.4 Å². The molecule has 1 fully saturated rings. The summed E-state index contributed by atoms with van der Waals surface area (Å²) in [5, 5.41) is 10.1. The standard InChI is InChI=1S/C10H16N2OS/c1-12-4-2-3-8(12)5-10-11-6-9(7-13)14-10/h6,8,13H,2-5,7H2,1H3. The molecule has 0 aromatic carbocycles. The van der Waals surface area contributed by atoms with Crippen molar-refractivity contribution in [1.29, 1.82) is 0 Å². The summed E-state index contributed by atoms with van der Waals surface area (Å²) in [4.78, 5) is 7.69. The first kappa shape index (κ1) is 10.1. The maximum absolute atomic E-state index is 8.92. The molecule has 0 radical (unpaired) electrons. The quantitative estimate of drug-likeness (QED) is 0.819. The highest BCUT2D eigenvalue weighted by molar-refractivity contribution is 7.11. The van der Waals surface area contributed by atoms with Crippen molar-refractivity contribution in [3.63, 3.8) is 0 Å². The molecule has 1 aromatic rings. The van der Waals surface area contributed by atoms with Crippen molar-refractivity contribution in [2.24, 2.45) is 0 Å². The average molecular weight is 212 g/mol. The molecule has 0 aliphatic carbocycles. The Hall–Kier alpha value is -0.450. The van der Waals surface area contributed by atoms with E-state index in [9.17, 15) is 0 Å². The smallest absolute Gasteiger partial charge is 0.0944 e. The van der Waals surface area contributed by atoms with Gasteiger partial charge in [-0.1, -0.05) is 0 Å². The van der Waals surface area contributed by atoms with Crippen LogP contribution in [0.4, 0.5) is 0 Å². The molecule has 4 heteroatoms. The second-order valence-corrected chi connectivity index (χ2v) is 5.06. The minimum absolute atomic E-state index is 0.123. The van der Waals surface area contributed by atoms with E-state index in [1.54, 1.807) is 17.5 Å². The van der Waals surface area contributed by atoms with E-state index in [1.807, 2.05) is 0 Å². The number of hydrogen-bond donors (Lipinski definition) is 1. The number of aliphatic hydroxyl groups is 1. The van der Waals surface area contributed by atoms with Crippen molar-refractivity contribution in [3.8, 4) is 0 Å². The third kappa shape index (κ3) is 2.13. The molecule has 1 saturated heterocycles. The fraction of sp³-hybridized carbons (Fsp3) is 0.700. The van der Waals surface area contributed by atoms with E-state index >= 15 is 0 Å². The zero-order chi connectivity index (χ0) is 9.97. The van der Waals surface area contributed by atoms with E-state index in [2.05, 4.69) is 16.9 Å². The van der Waals surface area contributed by atoms with Crippen molar-refractivity contribution >= 4 is 11.3 Å². The van der Waals surface area contributed by atoms with Crippen LogP contribution < -0.4 is 0 Å². The van der Waals surface area contributed by atoms with E-state index in [-0.39, 0.29) is 6.61 Å². The molecule has 0 bridgehead atoms. The average Bonchev–Trinajstić information content (AvgIpc) is 2.77. The van der Waals surface area contributed by atoms with Crippen LogP contribution in [-0.4, -0.2) is 34.6 Å². The molecular weight excluding hydrogens is 196 g/mol. The molecule has 1 unspecified atom stereocenters. The molecule has 1 aliphatic rings. The Morgan fingerprint density at radius 1 is 1.71 bits per heavy atom. The Kier molecular flexibility index (Phi) is 3.15. The van der Waals surface area contributed by atoms with Gasteiger partial charge in [-0.25, -0.2) is 4.98 Å². The minimum Gasteiger partial charge on any atom is -0.391 e. The van der Waals surface area contributed by atoms with Gasteiger partial charge in [0.1, 0.15) is 0 Å². The van der Waals surface area contributed by atoms with Crippen molar-refractivity contribution < 1.29 is 5.11 Å². The maximum Gasteiger partial charge on any atom is 0.0944 e. The van der Waals surface area contributed by atoms with Gasteiger partial charge in [0, 0.05) is 18.7 Å². The fourth-order valence-electron chi connectivity index (χ4n) is 1.95. The predicted molar refractivity (Wildman–Crippen MR) is 57.4 cm³/mol. The molecule has 1 aliphatic heterocycles. The van der Waals surface area contributed by atoms with Crippen LogP contribution in [0.2, 0.25) is 0 Å². The third-order valence-electron chi connectivity index (χ3n) is 2.84. The third-order valence-corrected chi connectivity index (χ3v) is 3.84. The van der Waals surface area contributed by atoms with Gasteiger partial charge in [0.25, 0.3) is 0 Å². The Bertz CT molecular complexity index is 300. The van der Waals surface area contributed by atoms with E-state index in [4.69, 9.17) is 5.11 Å². The first-order valence-corrected chi connectivity index (χ1v) is 5.86. The summed E-state index contributed by atoms with van der Waals surface area (Å²) in [5.41, 5.74) is 0. The van der Waals surface area contributed by atoms with E-state index in [0.717, 1.165) is 16.3 Å². The normalized spacial score (nSPS) is 23.1. The first-order chi connectivity index (χ1) is 6.79. The first-order valence-electron chi connectivity index (χ1n) is 5.04. The second kappa shape index (κ2) is 4.38. The maximum atomic E-state index is 8.92. The Balaban J connectivity index is 1.96.